The summed E-state index contributed by atoms with van der Waals surface area (Å²) in [6, 6.07) is 13.5. The topological polar surface area (TPSA) is 111 Å². The lowest BCUT2D eigenvalue weighted by Crippen LogP contribution is -2.20. The van der Waals surface area contributed by atoms with E-state index in [1.807, 2.05) is 37.3 Å². The van der Waals surface area contributed by atoms with Gasteiger partial charge in [-0.15, -0.1) is 0 Å². The highest BCUT2D eigenvalue weighted by Gasteiger charge is 2.28. The number of carbonyl (C=O) groups excluding carboxylic acids is 2. The summed E-state index contributed by atoms with van der Waals surface area (Å²) in [5.74, 6) is -1.23. The summed E-state index contributed by atoms with van der Waals surface area (Å²) in [6.45, 7) is 2.20. The first-order valence-electron chi connectivity index (χ1n) is 11.0. The van der Waals surface area contributed by atoms with E-state index in [1.54, 1.807) is 23.6 Å². The van der Waals surface area contributed by atoms with E-state index in [9.17, 15) is 18.0 Å². The second kappa shape index (κ2) is 11.9. The summed E-state index contributed by atoms with van der Waals surface area (Å²) >= 11 is 6.01. The van der Waals surface area contributed by atoms with Crippen LogP contribution in [0.5, 0.6) is 0 Å². The standard InChI is InChI=1S/C24H27ClN4O5S/c1-4-5-13-34-23(31)20-21(27-24(28(2)3)29(20)18-9-7-6-8-10-18)26-22(30)19-12-11-17(25)14-16(19)15-35(32)33/h6-12,14,35H,4-5,13,15H2,1-3H3,(H,26,30). The van der Waals surface area contributed by atoms with Crippen LogP contribution in [0.3, 0.4) is 0 Å². The summed E-state index contributed by atoms with van der Waals surface area (Å²) < 4.78 is 29.8. The van der Waals surface area contributed by atoms with Gasteiger partial charge in [-0.25, -0.2) is 13.2 Å². The van der Waals surface area contributed by atoms with E-state index >= 15 is 0 Å². The number of ether oxygens (including phenoxy) is 1. The van der Waals surface area contributed by atoms with Crippen LogP contribution in [0.4, 0.5) is 11.8 Å². The Balaban J connectivity index is 2.11. The Labute approximate surface area is 210 Å². The molecule has 2 aromatic carbocycles. The number of anilines is 2. The first kappa shape index (κ1) is 26.2. The molecule has 1 N–H and O–H groups in total. The third-order valence-electron chi connectivity index (χ3n) is 5.04. The van der Waals surface area contributed by atoms with Gasteiger partial charge in [-0.1, -0.05) is 43.1 Å². The molecule has 0 aliphatic heterocycles. The van der Waals surface area contributed by atoms with Crippen LogP contribution in [0, 0.1) is 0 Å². The van der Waals surface area contributed by atoms with Crippen molar-refractivity contribution in [3.05, 3.63) is 70.4 Å². The van der Waals surface area contributed by atoms with Crippen LogP contribution in [0.15, 0.2) is 48.5 Å². The molecule has 0 aliphatic rings. The number of para-hydroxylation sites is 1. The van der Waals surface area contributed by atoms with Gasteiger partial charge in [-0.3, -0.25) is 9.36 Å². The number of rotatable bonds is 10. The number of nitrogens with zero attached hydrogens (tertiary/aromatic N) is 3. The normalized spacial score (nSPS) is 10.9. The van der Waals surface area contributed by atoms with Gasteiger partial charge in [0.15, 0.2) is 11.5 Å². The van der Waals surface area contributed by atoms with Crippen LogP contribution in [-0.4, -0.2) is 50.5 Å². The van der Waals surface area contributed by atoms with Gasteiger partial charge in [0.25, 0.3) is 5.91 Å². The minimum atomic E-state index is -2.79. The maximum absolute atomic E-state index is 13.2. The second-order valence-corrected chi connectivity index (χ2v) is 9.33. The summed E-state index contributed by atoms with van der Waals surface area (Å²) in [6.07, 6.45) is 1.54. The van der Waals surface area contributed by atoms with Crippen LogP contribution >= 0.6 is 11.6 Å². The van der Waals surface area contributed by atoms with Crippen molar-refractivity contribution < 1.29 is 22.7 Å². The zero-order chi connectivity index (χ0) is 25.5. The van der Waals surface area contributed by atoms with Crippen LogP contribution in [0.1, 0.15) is 46.2 Å². The Morgan fingerprint density at radius 1 is 1.14 bits per heavy atom. The number of hydrogen-bond acceptors (Lipinski definition) is 7. The van der Waals surface area contributed by atoms with E-state index in [4.69, 9.17) is 16.3 Å². The van der Waals surface area contributed by atoms with Gasteiger partial charge in [-0.2, -0.15) is 4.98 Å². The lowest BCUT2D eigenvalue weighted by Gasteiger charge is -2.16. The smallest absolute Gasteiger partial charge is 0.359 e. The molecule has 3 rings (SSSR count). The Morgan fingerprint density at radius 2 is 1.86 bits per heavy atom. The van der Waals surface area contributed by atoms with E-state index in [-0.39, 0.29) is 35.0 Å². The molecule has 0 saturated heterocycles. The highest BCUT2D eigenvalue weighted by molar-refractivity contribution is 7.71. The molecule has 9 nitrogen and oxygen atoms in total. The third kappa shape index (κ3) is 6.40. The number of hydrogen-bond donors (Lipinski definition) is 2. The van der Waals surface area contributed by atoms with Crippen LogP contribution in [0.25, 0.3) is 5.69 Å². The van der Waals surface area contributed by atoms with Crippen molar-refractivity contribution in [2.24, 2.45) is 0 Å². The molecule has 35 heavy (non-hydrogen) atoms. The molecule has 11 heteroatoms. The SMILES string of the molecule is CCCCOC(=O)c1c(NC(=O)c2ccc(Cl)cc2C[SH](=O)=O)nc(N(C)C)n1-c1ccccc1. The molecule has 0 aliphatic carbocycles. The number of amides is 1. The van der Waals surface area contributed by atoms with E-state index in [2.05, 4.69) is 10.3 Å². The Bertz CT molecular complexity index is 1280. The number of benzene rings is 2. The van der Waals surface area contributed by atoms with Gasteiger partial charge in [0, 0.05) is 30.4 Å². The van der Waals surface area contributed by atoms with Crippen LogP contribution < -0.4 is 10.2 Å². The van der Waals surface area contributed by atoms with Gasteiger partial charge >= 0.3 is 5.97 Å². The molecule has 0 bridgehead atoms. The van der Waals surface area contributed by atoms with Gasteiger partial charge in [0.05, 0.1) is 12.4 Å². The highest BCUT2D eigenvalue weighted by atomic mass is 35.5. The average Bonchev–Trinajstić information content (AvgIpc) is 3.19. The molecule has 0 atom stereocenters. The number of unbranched alkanes of at least 4 members (excludes halogenated alkanes) is 1. The molecule has 1 aromatic heterocycles. The first-order chi connectivity index (χ1) is 16.7. The first-order valence-corrected chi connectivity index (χ1v) is 12.7. The maximum atomic E-state index is 13.2. The lowest BCUT2D eigenvalue weighted by molar-refractivity contribution is 0.0492. The van der Waals surface area contributed by atoms with Crippen LogP contribution in [0.2, 0.25) is 5.02 Å². The van der Waals surface area contributed by atoms with Gasteiger partial charge in [0.1, 0.15) is 10.7 Å². The number of nitrogens with one attached hydrogen (secondary N) is 1. The lowest BCUT2D eigenvalue weighted by atomic mass is 10.1. The number of esters is 1. The molecule has 0 saturated carbocycles. The predicted octanol–water partition coefficient (Wildman–Crippen LogP) is 3.91. The number of aromatic nitrogens is 2. The van der Waals surface area contributed by atoms with Crippen LogP contribution in [-0.2, 0) is 21.2 Å². The summed E-state index contributed by atoms with van der Waals surface area (Å²) in [5, 5.41) is 2.98. The zero-order valence-corrected chi connectivity index (χ0v) is 21.3. The molecular formula is C24H27ClN4O5S. The Kier molecular flexibility index (Phi) is 8.89. The fourth-order valence-corrected chi connectivity index (χ4v) is 4.15. The largest absolute Gasteiger partial charge is 0.461 e. The zero-order valence-electron chi connectivity index (χ0n) is 19.7. The fraction of sp³-hybridized carbons (Fsp3) is 0.292. The van der Waals surface area contributed by atoms with Crippen molar-refractivity contribution in [3.8, 4) is 5.69 Å². The Morgan fingerprint density at radius 3 is 2.49 bits per heavy atom. The molecular weight excluding hydrogens is 492 g/mol. The number of imidazole rings is 1. The second-order valence-electron chi connectivity index (χ2n) is 7.91. The molecule has 0 radical (unpaired) electrons. The highest BCUT2D eigenvalue weighted by Crippen LogP contribution is 2.29. The third-order valence-corrected chi connectivity index (χ3v) is 5.88. The van der Waals surface area contributed by atoms with Crippen molar-refractivity contribution in [2.75, 3.05) is 30.9 Å². The summed E-state index contributed by atoms with van der Waals surface area (Å²) in [7, 11) is 0.737. The fourth-order valence-electron chi connectivity index (χ4n) is 3.41. The van der Waals surface area contributed by atoms with Gasteiger partial charge in [-0.05, 0) is 42.3 Å². The quantitative estimate of drug-likeness (QED) is 0.238. The predicted molar refractivity (Wildman–Crippen MR) is 137 cm³/mol. The molecule has 186 valence electrons. The molecule has 1 amide bonds. The summed E-state index contributed by atoms with van der Waals surface area (Å²) in [4.78, 5) is 32.6. The monoisotopic (exact) mass is 518 g/mol. The van der Waals surface area contributed by atoms with E-state index < -0.39 is 22.6 Å². The molecule has 1 heterocycles. The van der Waals surface area contributed by atoms with Crippen molar-refractivity contribution >= 4 is 45.9 Å². The van der Waals surface area contributed by atoms with Crippen molar-refractivity contribution in [2.45, 2.75) is 25.5 Å². The maximum Gasteiger partial charge on any atom is 0.359 e. The minimum absolute atomic E-state index is 0.00328. The molecule has 3 aromatic rings. The van der Waals surface area contributed by atoms with Crippen molar-refractivity contribution in [3.63, 3.8) is 0 Å². The summed E-state index contributed by atoms with van der Waals surface area (Å²) in [5.41, 5.74) is 1.06. The number of thiol groups is 1. The Hall–Kier alpha value is -3.37. The number of halogens is 1. The molecule has 0 fully saturated rings. The molecule has 0 unspecified atom stereocenters. The van der Waals surface area contributed by atoms with Gasteiger partial charge in [0.2, 0.25) is 5.95 Å². The van der Waals surface area contributed by atoms with Crippen molar-refractivity contribution in [1.29, 1.82) is 0 Å². The van der Waals surface area contributed by atoms with E-state index in [0.29, 0.717) is 23.1 Å². The number of carbonyl (C=O) groups is 2. The van der Waals surface area contributed by atoms with E-state index in [1.165, 1.54) is 18.2 Å². The average molecular weight is 519 g/mol. The van der Waals surface area contributed by atoms with Gasteiger partial charge < -0.3 is 15.0 Å². The molecule has 0 spiro atoms. The van der Waals surface area contributed by atoms with Crippen molar-refractivity contribution in [1.82, 2.24) is 9.55 Å². The van der Waals surface area contributed by atoms with E-state index in [0.717, 1.165) is 6.42 Å². The minimum Gasteiger partial charge on any atom is -0.461 e.